The van der Waals surface area contributed by atoms with Crippen LogP contribution in [-0.4, -0.2) is 27.7 Å². The smallest absolute Gasteiger partial charge is 0.0920 e. The lowest BCUT2D eigenvalue weighted by Crippen LogP contribution is -2.46. The van der Waals surface area contributed by atoms with E-state index in [9.17, 15) is 5.11 Å². The van der Waals surface area contributed by atoms with Crippen molar-refractivity contribution in [3.63, 3.8) is 0 Å². The van der Waals surface area contributed by atoms with Crippen LogP contribution in [0, 0.1) is 5.92 Å². The van der Waals surface area contributed by atoms with Crippen LogP contribution in [0.3, 0.4) is 0 Å². The fourth-order valence-corrected chi connectivity index (χ4v) is 5.12. The first-order valence-corrected chi connectivity index (χ1v) is 9.94. The Hall–Kier alpha value is -0.770. The Labute approximate surface area is 150 Å². The molecule has 1 heterocycles. The van der Waals surface area contributed by atoms with Crippen LogP contribution in [0.25, 0.3) is 0 Å². The van der Waals surface area contributed by atoms with Crippen LogP contribution in [0.1, 0.15) is 53.4 Å². The molecule has 2 aliphatic rings. The molecule has 0 aromatic heterocycles. The molecule has 1 N–H and O–H groups in total. The molecule has 1 aliphatic heterocycles. The maximum Gasteiger partial charge on any atom is 0.0920 e. The molecule has 0 radical (unpaired) electrons. The summed E-state index contributed by atoms with van der Waals surface area (Å²) in [4.78, 5) is 1.23. The maximum atomic E-state index is 11.5. The SMILES string of the molecule is CC(C)=CC[C@@H](Sc1ccccc1)[C@](C)(O)[C@H]1CC[C@@]2(C)O[C@H]2C1. The number of aliphatic hydroxyl groups is 1. The van der Waals surface area contributed by atoms with Crippen molar-refractivity contribution in [2.24, 2.45) is 5.92 Å². The molecular weight excluding hydrogens is 316 g/mol. The lowest BCUT2D eigenvalue weighted by Gasteiger charge is -2.41. The van der Waals surface area contributed by atoms with Crippen LogP contribution < -0.4 is 0 Å². The molecule has 1 saturated carbocycles. The minimum Gasteiger partial charge on any atom is -0.389 e. The summed E-state index contributed by atoms with van der Waals surface area (Å²) in [6.07, 6.45) is 6.63. The zero-order valence-corrected chi connectivity index (χ0v) is 16.1. The predicted molar refractivity (Wildman–Crippen MR) is 101 cm³/mol. The highest BCUT2D eigenvalue weighted by atomic mass is 32.2. The summed E-state index contributed by atoms with van der Waals surface area (Å²) < 4.78 is 5.86. The van der Waals surface area contributed by atoms with Crippen LogP contribution in [-0.2, 0) is 4.74 Å². The van der Waals surface area contributed by atoms with Crippen molar-refractivity contribution < 1.29 is 9.84 Å². The minimum atomic E-state index is -0.695. The van der Waals surface area contributed by atoms with Crippen LogP contribution in [0.5, 0.6) is 0 Å². The van der Waals surface area contributed by atoms with E-state index in [1.165, 1.54) is 10.5 Å². The molecule has 0 spiro atoms. The molecule has 0 bridgehead atoms. The number of fused-ring (bicyclic) bond motifs is 1. The quantitative estimate of drug-likeness (QED) is 0.436. The van der Waals surface area contributed by atoms with Gasteiger partial charge in [-0.3, -0.25) is 0 Å². The summed E-state index contributed by atoms with van der Waals surface area (Å²) >= 11 is 1.81. The van der Waals surface area contributed by atoms with Gasteiger partial charge in [0.2, 0.25) is 0 Å². The van der Waals surface area contributed by atoms with Crippen molar-refractivity contribution in [3.05, 3.63) is 42.0 Å². The second-order valence-electron chi connectivity index (χ2n) is 8.05. The fourth-order valence-electron chi connectivity index (χ4n) is 3.85. The van der Waals surface area contributed by atoms with Crippen LogP contribution in [0.4, 0.5) is 0 Å². The summed E-state index contributed by atoms with van der Waals surface area (Å²) in [5.41, 5.74) is 0.722. The summed E-state index contributed by atoms with van der Waals surface area (Å²) in [5, 5.41) is 11.6. The third kappa shape index (κ3) is 3.89. The van der Waals surface area contributed by atoms with Crippen LogP contribution in [0.2, 0.25) is 0 Å². The minimum absolute atomic E-state index is 0.106. The van der Waals surface area contributed by atoms with Crippen molar-refractivity contribution in [2.45, 2.75) is 80.8 Å². The van der Waals surface area contributed by atoms with E-state index < -0.39 is 5.60 Å². The molecule has 2 nitrogen and oxygen atoms in total. The first kappa shape index (κ1) is 18.0. The number of hydrogen-bond donors (Lipinski definition) is 1. The van der Waals surface area contributed by atoms with Crippen LogP contribution in [0.15, 0.2) is 46.9 Å². The molecule has 1 aliphatic carbocycles. The largest absolute Gasteiger partial charge is 0.389 e. The van der Waals surface area contributed by atoms with Gasteiger partial charge < -0.3 is 9.84 Å². The van der Waals surface area contributed by atoms with Gasteiger partial charge in [0.05, 0.1) is 17.3 Å². The standard InChI is InChI=1S/C21H30O2S/c1-15(2)10-11-19(24-17-8-6-5-7-9-17)21(4,22)16-12-13-20(3)18(14-16)23-20/h5-10,16,18-19,22H,11-14H2,1-4H3/t16-,18-,19+,20+,21+/m0/s1. The van der Waals surface area contributed by atoms with Gasteiger partial charge in [0.25, 0.3) is 0 Å². The number of allylic oxidation sites excluding steroid dienone is 2. The molecule has 2 fully saturated rings. The normalized spacial score (nSPS) is 32.4. The molecule has 1 aromatic carbocycles. The van der Waals surface area contributed by atoms with E-state index in [0.29, 0.717) is 12.0 Å². The van der Waals surface area contributed by atoms with Gasteiger partial charge in [-0.2, -0.15) is 0 Å². The Morgan fingerprint density at radius 1 is 1.42 bits per heavy atom. The average molecular weight is 347 g/mol. The maximum absolute atomic E-state index is 11.5. The summed E-state index contributed by atoms with van der Waals surface area (Å²) in [6, 6.07) is 10.5. The second-order valence-corrected chi connectivity index (χ2v) is 9.33. The van der Waals surface area contributed by atoms with Crippen molar-refractivity contribution in [1.82, 2.24) is 0 Å². The highest BCUT2D eigenvalue weighted by molar-refractivity contribution is 8.00. The van der Waals surface area contributed by atoms with Gasteiger partial charge in [0.1, 0.15) is 0 Å². The number of epoxide rings is 1. The number of benzene rings is 1. The van der Waals surface area contributed by atoms with E-state index in [0.717, 1.165) is 25.7 Å². The van der Waals surface area contributed by atoms with E-state index in [1.54, 1.807) is 0 Å². The lowest BCUT2D eigenvalue weighted by atomic mass is 9.73. The van der Waals surface area contributed by atoms with E-state index in [4.69, 9.17) is 4.74 Å². The van der Waals surface area contributed by atoms with Crippen LogP contribution >= 0.6 is 11.8 Å². The molecule has 3 rings (SSSR count). The first-order chi connectivity index (χ1) is 11.3. The third-order valence-corrected chi connectivity index (χ3v) is 7.26. The zero-order chi connectivity index (χ0) is 17.4. The Morgan fingerprint density at radius 2 is 2.12 bits per heavy atom. The van der Waals surface area contributed by atoms with E-state index in [1.807, 2.05) is 24.8 Å². The molecule has 1 saturated heterocycles. The zero-order valence-electron chi connectivity index (χ0n) is 15.3. The number of rotatable bonds is 6. The molecule has 3 heteroatoms. The monoisotopic (exact) mass is 346 g/mol. The Bertz CT molecular complexity index is 591. The topological polar surface area (TPSA) is 32.8 Å². The molecule has 0 amide bonds. The summed E-state index contributed by atoms with van der Waals surface area (Å²) in [7, 11) is 0. The third-order valence-electron chi connectivity index (χ3n) is 5.76. The van der Waals surface area contributed by atoms with E-state index in [-0.39, 0.29) is 10.9 Å². The molecule has 24 heavy (non-hydrogen) atoms. The Balaban J connectivity index is 1.76. The molecule has 0 unspecified atom stereocenters. The van der Waals surface area contributed by atoms with Gasteiger partial charge in [-0.05, 0) is 71.4 Å². The van der Waals surface area contributed by atoms with Gasteiger partial charge >= 0.3 is 0 Å². The Kier molecular flexibility index (Phi) is 5.15. The number of ether oxygens (including phenoxy) is 1. The molecule has 1 aromatic rings. The number of hydrogen-bond acceptors (Lipinski definition) is 3. The fraction of sp³-hybridized carbons (Fsp3) is 0.619. The van der Waals surface area contributed by atoms with Crippen molar-refractivity contribution in [1.29, 1.82) is 0 Å². The van der Waals surface area contributed by atoms with E-state index >= 15 is 0 Å². The average Bonchev–Trinajstić information content (AvgIpc) is 3.22. The number of thioether (sulfide) groups is 1. The van der Waals surface area contributed by atoms with Gasteiger partial charge in [-0.15, -0.1) is 11.8 Å². The lowest BCUT2D eigenvalue weighted by molar-refractivity contribution is -0.0164. The summed E-state index contributed by atoms with van der Waals surface area (Å²) in [6.45, 7) is 8.51. The highest BCUT2D eigenvalue weighted by Crippen LogP contribution is 2.53. The predicted octanol–water partition coefficient (Wildman–Crippen LogP) is 5.21. The van der Waals surface area contributed by atoms with Gasteiger partial charge in [0.15, 0.2) is 0 Å². The molecule has 132 valence electrons. The molecular formula is C21H30O2S. The highest BCUT2D eigenvalue weighted by Gasteiger charge is 2.58. The van der Waals surface area contributed by atoms with Gasteiger partial charge in [-0.1, -0.05) is 29.8 Å². The molecule has 5 atom stereocenters. The van der Waals surface area contributed by atoms with Gasteiger partial charge in [-0.25, -0.2) is 0 Å². The Morgan fingerprint density at radius 3 is 2.75 bits per heavy atom. The van der Waals surface area contributed by atoms with E-state index in [2.05, 4.69) is 51.1 Å². The van der Waals surface area contributed by atoms with Gasteiger partial charge in [0, 0.05) is 10.1 Å². The first-order valence-electron chi connectivity index (χ1n) is 9.06. The van der Waals surface area contributed by atoms with Crippen molar-refractivity contribution in [3.8, 4) is 0 Å². The van der Waals surface area contributed by atoms with Crippen molar-refractivity contribution in [2.75, 3.05) is 0 Å². The van der Waals surface area contributed by atoms with Crippen molar-refractivity contribution >= 4 is 11.8 Å². The summed E-state index contributed by atoms with van der Waals surface area (Å²) in [5.74, 6) is 0.310. The second kappa shape index (κ2) is 6.86.